The normalized spacial score (nSPS) is 13.0. The Morgan fingerprint density at radius 3 is 2.33 bits per heavy atom. The summed E-state index contributed by atoms with van der Waals surface area (Å²) in [6, 6.07) is 3.12. The molecule has 0 radical (unpaired) electrons. The minimum absolute atomic E-state index is 0.519. The van der Waals surface area contributed by atoms with Crippen LogP contribution < -0.4 is 4.35 Å². The zero-order valence-corrected chi connectivity index (χ0v) is 6.71. The fourth-order valence-corrected chi connectivity index (χ4v) is 1.41. The van der Waals surface area contributed by atoms with Crippen LogP contribution in [0.5, 0.6) is 0 Å². The molecule has 1 N–H and O–H groups in total. The first-order chi connectivity index (χ1) is 4.30. The van der Waals surface area contributed by atoms with Gasteiger partial charge in [-0.3, -0.25) is 0 Å². The van der Waals surface area contributed by atoms with Crippen molar-refractivity contribution in [2.24, 2.45) is 0 Å². The van der Waals surface area contributed by atoms with Crippen molar-refractivity contribution in [2.45, 2.75) is 0 Å². The van der Waals surface area contributed by atoms with E-state index >= 15 is 0 Å². The van der Waals surface area contributed by atoms with Gasteiger partial charge in [-0.25, -0.2) is 0 Å². The van der Waals surface area contributed by atoms with Crippen LogP contribution in [0.15, 0.2) is 24.5 Å². The van der Waals surface area contributed by atoms with Gasteiger partial charge in [0.25, 0.3) is 0 Å². The number of hydrogen-bond acceptors (Lipinski definition) is 2. The number of hydrogen-bond donors (Lipinski definition) is 1. The standard InChI is InChI=1S/C5H6AsNO2/c8-6(9)5-1-3-7-4-2-5/h1-4,6H,(H,8,9). The molecule has 1 rings (SSSR count). The van der Waals surface area contributed by atoms with Crippen molar-refractivity contribution in [2.75, 3.05) is 0 Å². The van der Waals surface area contributed by atoms with Crippen LogP contribution in [0.25, 0.3) is 0 Å². The summed E-state index contributed by atoms with van der Waals surface area (Å²) in [6.45, 7) is 0. The van der Waals surface area contributed by atoms with Crippen molar-refractivity contribution in [1.82, 2.24) is 4.98 Å². The van der Waals surface area contributed by atoms with E-state index in [1.165, 1.54) is 12.4 Å². The van der Waals surface area contributed by atoms with E-state index in [1.807, 2.05) is 0 Å². The maximum atomic E-state index is 10.4. The van der Waals surface area contributed by atoms with Gasteiger partial charge in [-0.05, 0) is 0 Å². The van der Waals surface area contributed by atoms with E-state index in [2.05, 4.69) is 4.98 Å². The van der Waals surface area contributed by atoms with Gasteiger partial charge in [0, 0.05) is 0 Å². The van der Waals surface area contributed by atoms with Crippen molar-refractivity contribution in [3.8, 4) is 0 Å². The summed E-state index contributed by atoms with van der Waals surface area (Å²) in [4.78, 5) is 3.70. The van der Waals surface area contributed by atoms with Gasteiger partial charge in [0.2, 0.25) is 0 Å². The molecule has 0 saturated carbocycles. The van der Waals surface area contributed by atoms with Crippen LogP contribution in [-0.4, -0.2) is 24.0 Å². The SMILES string of the molecule is O=[AsH](O)c1ccncc1. The molecule has 1 aromatic heterocycles. The van der Waals surface area contributed by atoms with Crippen LogP contribution in [0.4, 0.5) is 0 Å². The van der Waals surface area contributed by atoms with Crippen LogP contribution >= 0.6 is 0 Å². The molecule has 48 valence electrons. The summed E-state index contributed by atoms with van der Waals surface area (Å²) in [5.74, 6) is 0. The van der Waals surface area contributed by atoms with E-state index < -0.39 is 14.9 Å². The predicted molar refractivity (Wildman–Crippen MR) is 33.9 cm³/mol. The number of pyridine rings is 1. The second-order valence-corrected chi connectivity index (χ2v) is 4.03. The Labute approximate surface area is 57.2 Å². The Morgan fingerprint density at radius 2 is 2.00 bits per heavy atom. The molecule has 0 bridgehead atoms. The predicted octanol–water partition coefficient (Wildman–Crippen LogP) is -1.07. The number of rotatable bonds is 1. The summed E-state index contributed by atoms with van der Waals surface area (Å²) < 4.78 is 19.5. The first-order valence-corrected chi connectivity index (χ1v) is 5.28. The van der Waals surface area contributed by atoms with Gasteiger partial charge in [-0.1, -0.05) is 0 Å². The molecule has 0 saturated heterocycles. The molecule has 1 atom stereocenters. The summed E-state index contributed by atoms with van der Waals surface area (Å²) in [7, 11) is 0. The molecule has 0 amide bonds. The van der Waals surface area contributed by atoms with Gasteiger partial charge in [-0.15, -0.1) is 0 Å². The van der Waals surface area contributed by atoms with Crippen molar-refractivity contribution in [3.63, 3.8) is 0 Å². The molecule has 1 unspecified atom stereocenters. The second kappa shape index (κ2) is 2.85. The molecule has 0 fully saturated rings. The van der Waals surface area contributed by atoms with E-state index in [-0.39, 0.29) is 0 Å². The fraction of sp³-hybridized carbons (Fsp3) is 0. The topological polar surface area (TPSA) is 50.2 Å². The Hall–Kier alpha value is -0.532. The van der Waals surface area contributed by atoms with Crippen LogP contribution in [0.2, 0.25) is 0 Å². The Kier molecular flexibility index (Phi) is 2.09. The molecule has 0 aliphatic rings. The van der Waals surface area contributed by atoms with E-state index in [1.54, 1.807) is 12.1 Å². The van der Waals surface area contributed by atoms with E-state index in [4.69, 9.17) is 4.10 Å². The summed E-state index contributed by atoms with van der Waals surface area (Å²) >= 11 is -3.06. The van der Waals surface area contributed by atoms with Crippen LogP contribution in [0.1, 0.15) is 0 Å². The second-order valence-electron chi connectivity index (χ2n) is 1.54. The molecule has 4 heteroatoms. The van der Waals surface area contributed by atoms with Crippen LogP contribution in [0, 0.1) is 0 Å². The fourth-order valence-electron chi connectivity index (χ4n) is 0.494. The van der Waals surface area contributed by atoms with E-state index in [0.717, 1.165) is 0 Å². The van der Waals surface area contributed by atoms with E-state index in [0.29, 0.717) is 4.35 Å². The number of nitrogens with zero attached hydrogens (tertiary/aromatic N) is 1. The van der Waals surface area contributed by atoms with Gasteiger partial charge in [0.1, 0.15) is 0 Å². The molecule has 0 spiro atoms. The molecule has 0 aliphatic carbocycles. The zero-order valence-electron chi connectivity index (χ0n) is 4.61. The minimum atomic E-state index is -3.06. The summed E-state index contributed by atoms with van der Waals surface area (Å²) in [6.07, 6.45) is 3.02. The quantitative estimate of drug-likeness (QED) is 0.569. The number of aromatic nitrogens is 1. The molecule has 1 heterocycles. The molecule has 3 nitrogen and oxygen atoms in total. The van der Waals surface area contributed by atoms with E-state index in [9.17, 15) is 3.74 Å². The first kappa shape index (κ1) is 6.59. The molecule has 0 aromatic carbocycles. The first-order valence-electron chi connectivity index (χ1n) is 2.44. The zero-order chi connectivity index (χ0) is 6.69. The summed E-state index contributed by atoms with van der Waals surface area (Å²) in [5.41, 5.74) is 0. The molecular formula is C5H6AsNO2. The third-order valence-corrected chi connectivity index (χ3v) is 2.66. The average molecular weight is 187 g/mol. The van der Waals surface area contributed by atoms with Gasteiger partial charge in [-0.2, -0.15) is 0 Å². The van der Waals surface area contributed by atoms with Crippen LogP contribution in [0.3, 0.4) is 0 Å². The Morgan fingerprint density at radius 1 is 1.44 bits per heavy atom. The third kappa shape index (κ3) is 1.70. The Balaban J connectivity index is 2.98. The van der Waals surface area contributed by atoms with Gasteiger partial charge in [0.15, 0.2) is 0 Å². The monoisotopic (exact) mass is 187 g/mol. The molecular weight excluding hydrogens is 181 g/mol. The van der Waals surface area contributed by atoms with Crippen LogP contribution in [-0.2, 0) is 3.74 Å². The van der Waals surface area contributed by atoms with Crippen molar-refractivity contribution < 1.29 is 7.84 Å². The third-order valence-electron chi connectivity index (χ3n) is 0.927. The van der Waals surface area contributed by atoms with Gasteiger partial charge < -0.3 is 0 Å². The molecule has 0 aliphatic heterocycles. The van der Waals surface area contributed by atoms with Crippen molar-refractivity contribution in [3.05, 3.63) is 24.5 Å². The molecule has 1 aromatic rings. The average Bonchev–Trinajstić information content (AvgIpc) is 1.90. The van der Waals surface area contributed by atoms with Crippen molar-refractivity contribution >= 4 is 19.3 Å². The van der Waals surface area contributed by atoms with Crippen molar-refractivity contribution in [1.29, 1.82) is 0 Å². The summed E-state index contributed by atoms with van der Waals surface area (Å²) in [5, 5.41) is 0. The maximum absolute atomic E-state index is 10.4. The van der Waals surface area contributed by atoms with Gasteiger partial charge >= 0.3 is 56.6 Å². The molecule has 9 heavy (non-hydrogen) atoms. The van der Waals surface area contributed by atoms with Gasteiger partial charge in [0.05, 0.1) is 0 Å². The Bertz CT molecular complexity index is 211.